The van der Waals surface area contributed by atoms with Crippen LogP contribution in [0, 0.1) is 0 Å². The molecule has 2 aromatic heterocycles. The average Bonchev–Trinajstić information content (AvgIpc) is 3.48. The van der Waals surface area contributed by atoms with Crippen molar-refractivity contribution in [3.63, 3.8) is 0 Å². The highest BCUT2D eigenvalue weighted by Crippen LogP contribution is 2.43. The molecule has 0 aliphatic heterocycles. The zero-order valence-electron chi connectivity index (χ0n) is 16.8. The second-order valence-electron chi connectivity index (χ2n) is 7.27. The first-order chi connectivity index (χ1) is 14.7. The molecule has 0 amide bonds. The SMILES string of the molecule is COc1ccc(C2(c3ccc(OC)cc3)C=Cc3c(-c4cnco4)n[nH]c3C2)cc1. The Morgan fingerprint density at radius 3 is 2.10 bits per heavy atom. The number of aromatic nitrogens is 3. The van der Waals surface area contributed by atoms with Crippen LogP contribution in [0.1, 0.15) is 22.4 Å². The van der Waals surface area contributed by atoms with Crippen molar-refractivity contribution in [1.82, 2.24) is 15.2 Å². The van der Waals surface area contributed by atoms with Crippen LogP contribution in [-0.2, 0) is 11.8 Å². The minimum atomic E-state index is -0.350. The molecule has 5 rings (SSSR count). The minimum absolute atomic E-state index is 0.350. The van der Waals surface area contributed by atoms with E-state index in [0.717, 1.165) is 34.9 Å². The van der Waals surface area contributed by atoms with Gasteiger partial charge in [0.2, 0.25) is 0 Å². The summed E-state index contributed by atoms with van der Waals surface area (Å²) >= 11 is 0. The summed E-state index contributed by atoms with van der Waals surface area (Å²) in [6, 6.07) is 16.5. The van der Waals surface area contributed by atoms with Crippen LogP contribution in [0.15, 0.2) is 71.6 Å². The van der Waals surface area contributed by atoms with Gasteiger partial charge in [-0.05, 0) is 35.4 Å². The molecule has 0 fully saturated rings. The van der Waals surface area contributed by atoms with Crippen LogP contribution in [0.3, 0.4) is 0 Å². The Bertz CT molecular complexity index is 1130. The van der Waals surface area contributed by atoms with Crippen molar-refractivity contribution in [1.29, 1.82) is 0 Å². The van der Waals surface area contributed by atoms with Crippen LogP contribution in [0.5, 0.6) is 11.5 Å². The summed E-state index contributed by atoms with van der Waals surface area (Å²) in [4.78, 5) is 4.02. The summed E-state index contributed by atoms with van der Waals surface area (Å²) in [6.07, 6.45) is 8.20. The molecule has 1 aliphatic carbocycles. The van der Waals surface area contributed by atoms with Crippen molar-refractivity contribution in [2.75, 3.05) is 14.2 Å². The van der Waals surface area contributed by atoms with Crippen LogP contribution in [0.4, 0.5) is 0 Å². The topological polar surface area (TPSA) is 73.2 Å². The number of methoxy groups -OCH3 is 2. The van der Waals surface area contributed by atoms with Gasteiger partial charge in [0.05, 0.1) is 20.4 Å². The molecule has 2 aromatic carbocycles. The van der Waals surface area contributed by atoms with Crippen LogP contribution >= 0.6 is 0 Å². The molecule has 6 nitrogen and oxygen atoms in total. The number of allylic oxidation sites excluding steroid dienone is 1. The quantitative estimate of drug-likeness (QED) is 0.529. The van der Waals surface area contributed by atoms with Gasteiger partial charge in [-0.15, -0.1) is 0 Å². The fourth-order valence-electron chi connectivity index (χ4n) is 4.13. The van der Waals surface area contributed by atoms with Crippen LogP contribution < -0.4 is 9.47 Å². The molecule has 6 heteroatoms. The van der Waals surface area contributed by atoms with E-state index in [1.165, 1.54) is 17.5 Å². The summed E-state index contributed by atoms with van der Waals surface area (Å²) in [5.74, 6) is 2.31. The molecule has 150 valence electrons. The molecular formula is C24H21N3O3. The van der Waals surface area contributed by atoms with Crippen LogP contribution in [-0.4, -0.2) is 29.4 Å². The van der Waals surface area contributed by atoms with Gasteiger partial charge in [0.15, 0.2) is 12.2 Å². The molecule has 0 unspecified atom stereocenters. The van der Waals surface area contributed by atoms with E-state index in [2.05, 4.69) is 51.6 Å². The highest BCUT2D eigenvalue weighted by Gasteiger charge is 2.37. The van der Waals surface area contributed by atoms with Gasteiger partial charge in [-0.2, -0.15) is 5.10 Å². The Hall–Kier alpha value is -3.80. The number of rotatable bonds is 5. The van der Waals surface area contributed by atoms with Crippen LogP contribution in [0.25, 0.3) is 17.5 Å². The Morgan fingerprint density at radius 1 is 0.933 bits per heavy atom. The fraction of sp³-hybridized carbons (Fsp3) is 0.167. The standard InChI is InChI=1S/C24H21N3O3/c1-28-18-7-3-16(4-8-18)24(17-5-9-19(29-2)10-6-17)12-11-20-21(13-24)26-27-23(20)22-14-25-15-30-22/h3-12,14-15H,13H2,1-2H3,(H,26,27). The summed E-state index contributed by atoms with van der Waals surface area (Å²) in [5.41, 5.74) is 4.85. The van der Waals surface area contributed by atoms with Gasteiger partial charge in [0.25, 0.3) is 0 Å². The number of aromatic amines is 1. The van der Waals surface area contributed by atoms with Gasteiger partial charge in [-0.3, -0.25) is 5.10 Å². The van der Waals surface area contributed by atoms with Crippen LogP contribution in [0.2, 0.25) is 0 Å². The van der Waals surface area contributed by atoms with Gasteiger partial charge in [0.1, 0.15) is 17.2 Å². The van der Waals surface area contributed by atoms with E-state index in [1.807, 2.05) is 24.3 Å². The number of nitrogens with one attached hydrogen (secondary N) is 1. The molecule has 30 heavy (non-hydrogen) atoms. The third kappa shape index (κ3) is 2.88. The lowest BCUT2D eigenvalue weighted by Gasteiger charge is -2.34. The summed E-state index contributed by atoms with van der Waals surface area (Å²) in [7, 11) is 3.35. The smallest absolute Gasteiger partial charge is 0.181 e. The molecule has 0 radical (unpaired) electrons. The first-order valence-corrected chi connectivity index (χ1v) is 9.68. The lowest BCUT2D eigenvalue weighted by atomic mass is 9.68. The van der Waals surface area contributed by atoms with Gasteiger partial charge >= 0.3 is 0 Å². The number of benzene rings is 2. The number of oxazole rings is 1. The van der Waals surface area contributed by atoms with Gasteiger partial charge in [-0.25, -0.2) is 4.98 Å². The lowest BCUT2D eigenvalue weighted by Crippen LogP contribution is -2.30. The van der Waals surface area contributed by atoms with E-state index >= 15 is 0 Å². The van der Waals surface area contributed by atoms with E-state index in [1.54, 1.807) is 20.4 Å². The Balaban J connectivity index is 1.63. The first kappa shape index (κ1) is 18.2. The molecule has 4 aromatic rings. The van der Waals surface area contributed by atoms with Crippen molar-refractivity contribution in [3.05, 3.63) is 89.6 Å². The first-order valence-electron chi connectivity index (χ1n) is 9.68. The van der Waals surface area contributed by atoms with Crippen molar-refractivity contribution < 1.29 is 13.9 Å². The third-order valence-electron chi connectivity index (χ3n) is 5.75. The lowest BCUT2D eigenvalue weighted by molar-refractivity contribution is 0.414. The molecular weight excluding hydrogens is 378 g/mol. The van der Waals surface area contributed by atoms with Gasteiger partial charge < -0.3 is 13.9 Å². The molecule has 0 saturated heterocycles. The van der Waals surface area contributed by atoms with Crippen molar-refractivity contribution in [2.24, 2.45) is 0 Å². The Labute approximate surface area is 174 Å². The maximum atomic E-state index is 5.46. The third-order valence-corrected chi connectivity index (χ3v) is 5.75. The number of H-pyrrole nitrogens is 1. The molecule has 1 aliphatic rings. The molecule has 0 atom stereocenters. The predicted octanol–water partition coefficient (Wildman–Crippen LogP) is 4.64. The van der Waals surface area contributed by atoms with E-state index < -0.39 is 0 Å². The Morgan fingerprint density at radius 2 is 1.57 bits per heavy atom. The van der Waals surface area contributed by atoms with E-state index in [-0.39, 0.29) is 5.41 Å². The van der Waals surface area contributed by atoms with Crippen molar-refractivity contribution in [2.45, 2.75) is 11.8 Å². The maximum absolute atomic E-state index is 5.46. The maximum Gasteiger partial charge on any atom is 0.181 e. The zero-order chi connectivity index (χ0) is 20.6. The molecule has 0 spiro atoms. The largest absolute Gasteiger partial charge is 0.497 e. The minimum Gasteiger partial charge on any atom is -0.497 e. The number of fused-ring (bicyclic) bond motifs is 1. The fourth-order valence-corrected chi connectivity index (χ4v) is 4.13. The van der Waals surface area contributed by atoms with E-state index in [0.29, 0.717) is 5.76 Å². The van der Waals surface area contributed by atoms with Gasteiger partial charge in [0, 0.05) is 23.1 Å². The number of nitrogens with zero attached hydrogens (tertiary/aromatic N) is 2. The van der Waals surface area contributed by atoms with E-state index in [4.69, 9.17) is 13.9 Å². The van der Waals surface area contributed by atoms with E-state index in [9.17, 15) is 0 Å². The predicted molar refractivity (Wildman–Crippen MR) is 114 cm³/mol. The second-order valence-corrected chi connectivity index (χ2v) is 7.27. The zero-order valence-corrected chi connectivity index (χ0v) is 16.8. The Kier molecular flexibility index (Phi) is 4.39. The normalized spacial score (nSPS) is 14.3. The molecule has 1 N–H and O–H groups in total. The monoisotopic (exact) mass is 399 g/mol. The summed E-state index contributed by atoms with van der Waals surface area (Å²) in [5, 5.41) is 7.71. The number of hydrogen-bond acceptors (Lipinski definition) is 5. The molecule has 0 bridgehead atoms. The van der Waals surface area contributed by atoms with Gasteiger partial charge in [-0.1, -0.05) is 36.4 Å². The highest BCUT2D eigenvalue weighted by atomic mass is 16.5. The molecule has 0 saturated carbocycles. The number of hydrogen-bond donors (Lipinski definition) is 1. The second kappa shape index (κ2) is 7.22. The summed E-state index contributed by atoms with van der Waals surface area (Å²) in [6.45, 7) is 0. The molecule has 2 heterocycles. The highest BCUT2D eigenvalue weighted by molar-refractivity contribution is 5.74. The van der Waals surface area contributed by atoms with Crippen molar-refractivity contribution >= 4 is 6.08 Å². The average molecular weight is 399 g/mol. The summed E-state index contributed by atoms with van der Waals surface area (Å²) < 4.78 is 16.2. The van der Waals surface area contributed by atoms with Crippen molar-refractivity contribution in [3.8, 4) is 23.0 Å². The number of ether oxygens (including phenoxy) is 2.